The van der Waals surface area contributed by atoms with E-state index in [1.807, 2.05) is 6.07 Å². The molecule has 3 N–H and O–H groups in total. The van der Waals surface area contributed by atoms with Crippen LogP contribution in [0.3, 0.4) is 0 Å². The lowest BCUT2D eigenvalue weighted by molar-refractivity contribution is 0.625. The smallest absolute Gasteiger partial charge is 0.264 e. The third-order valence-corrected chi connectivity index (χ3v) is 5.13. The maximum Gasteiger partial charge on any atom is 0.264 e. The Labute approximate surface area is 181 Å². The van der Waals surface area contributed by atoms with Crippen LogP contribution >= 0.6 is 11.6 Å². The summed E-state index contributed by atoms with van der Waals surface area (Å²) in [7, 11) is 0. The van der Waals surface area contributed by atoms with Gasteiger partial charge in [0.15, 0.2) is 0 Å². The van der Waals surface area contributed by atoms with E-state index in [2.05, 4.69) is 15.3 Å². The van der Waals surface area contributed by atoms with E-state index in [0.29, 0.717) is 27.2 Å². The van der Waals surface area contributed by atoms with Crippen LogP contribution in [0, 0.1) is 17.1 Å². The number of nitrogen functional groups attached to an aromatic ring is 1. The molecule has 0 saturated heterocycles. The zero-order valence-electron chi connectivity index (χ0n) is 16.3. The van der Waals surface area contributed by atoms with E-state index >= 15 is 0 Å². The molecule has 0 amide bonds. The predicted octanol–water partition coefficient (Wildman–Crippen LogP) is 4.20. The van der Waals surface area contributed by atoms with Gasteiger partial charge in [-0.3, -0.25) is 9.36 Å². The number of rotatable bonds is 4. The molecule has 0 aliphatic rings. The normalized spacial score (nSPS) is 11.8. The first kappa shape index (κ1) is 20.3. The highest BCUT2D eigenvalue weighted by Crippen LogP contribution is 2.27. The second-order valence-electron chi connectivity index (χ2n) is 6.86. The van der Waals surface area contributed by atoms with Gasteiger partial charge >= 0.3 is 0 Å². The summed E-state index contributed by atoms with van der Waals surface area (Å²) in [6, 6.07) is 14.2. The standard InChI is InChI=1S/C22H16ClFN6O/c1-12(28-20-14(10-25)11-27-22(26)29-20)18-8-13-4-2-7-17(23)19(13)21(31)30(18)16-6-3-5-15(24)9-16/h2-9,11-12H,1H3,(H3,26,27,28,29)/t12-/m0/s1. The highest BCUT2D eigenvalue weighted by Gasteiger charge is 2.19. The van der Waals surface area contributed by atoms with E-state index in [0.717, 1.165) is 0 Å². The number of aromatic nitrogens is 3. The first-order chi connectivity index (χ1) is 14.9. The van der Waals surface area contributed by atoms with Gasteiger partial charge in [0.1, 0.15) is 23.3 Å². The fourth-order valence-corrected chi connectivity index (χ4v) is 3.67. The summed E-state index contributed by atoms with van der Waals surface area (Å²) >= 11 is 6.30. The number of hydrogen-bond acceptors (Lipinski definition) is 6. The average molecular weight is 435 g/mol. The van der Waals surface area contributed by atoms with Crippen molar-refractivity contribution in [2.24, 2.45) is 0 Å². The molecule has 0 fully saturated rings. The van der Waals surface area contributed by atoms with Crippen LogP contribution in [0.5, 0.6) is 0 Å². The van der Waals surface area contributed by atoms with Gasteiger partial charge in [-0.15, -0.1) is 0 Å². The molecular weight excluding hydrogens is 419 g/mol. The molecule has 4 rings (SSSR count). The van der Waals surface area contributed by atoms with E-state index < -0.39 is 11.9 Å². The van der Waals surface area contributed by atoms with Gasteiger partial charge in [0.05, 0.1) is 28.3 Å². The van der Waals surface area contributed by atoms with Gasteiger partial charge in [-0.2, -0.15) is 10.2 Å². The number of fused-ring (bicyclic) bond motifs is 1. The highest BCUT2D eigenvalue weighted by atomic mass is 35.5. The minimum absolute atomic E-state index is 0.00140. The molecule has 0 spiro atoms. The van der Waals surface area contributed by atoms with E-state index in [1.54, 1.807) is 37.3 Å². The zero-order valence-corrected chi connectivity index (χ0v) is 17.1. The number of nitriles is 1. The van der Waals surface area contributed by atoms with Crippen molar-refractivity contribution in [3.63, 3.8) is 0 Å². The summed E-state index contributed by atoms with van der Waals surface area (Å²) in [5.41, 5.74) is 6.34. The summed E-state index contributed by atoms with van der Waals surface area (Å²) in [4.78, 5) is 21.4. The van der Waals surface area contributed by atoms with Crippen molar-refractivity contribution in [3.05, 3.63) is 87.2 Å². The lowest BCUT2D eigenvalue weighted by Crippen LogP contribution is -2.26. The molecule has 0 radical (unpaired) electrons. The fraction of sp³-hybridized carbons (Fsp3) is 0.0909. The first-order valence-corrected chi connectivity index (χ1v) is 9.66. The Morgan fingerprint density at radius 1 is 1.26 bits per heavy atom. The number of hydrogen-bond donors (Lipinski definition) is 2. The largest absolute Gasteiger partial charge is 0.368 e. The van der Waals surface area contributed by atoms with Crippen LogP contribution in [0.25, 0.3) is 16.5 Å². The minimum atomic E-state index is -0.513. The Bertz CT molecular complexity index is 1410. The lowest BCUT2D eigenvalue weighted by atomic mass is 10.1. The summed E-state index contributed by atoms with van der Waals surface area (Å²) in [6.07, 6.45) is 1.32. The molecule has 9 heteroatoms. The van der Waals surface area contributed by atoms with Crippen molar-refractivity contribution in [2.75, 3.05) is 11.1 Å². The molecule has 0 bridgehead atoms. The van der Waals surface area contributed by atoms with Gasteiger partial charge < -0.3 is 11.1 Å². The Balaban J connectivity index is 1.95. The molecule has 2 aromatic carbocycles. The second-order valence-corrected chi connectivity index (χ2v) is 7.27. The van der Waals surface area contributed by atoms with Crippen LogP contribution in [-0.4, -0.2) is 14.5 Å². The van der Waals surface area contributed by atoms with Crippen molar-refractivity contribution >= 4 is 34.1 Å². The molecule has 154 valence electrons. The maximum absolute atomic E-state index is 14.0. The molecule has 0 aliphatic carbocycles. The molecule has 0 aliphatic heterocycles. The van der Waals surface area contributed by atoms with Gasteiger partial charge in [0.25, 0.3) is 5.56 Å². The molecular formula is C22H16ClFN6O. The molecule has 0 unspecified atom stereocenters. The Kier molecular flexibility index (Phi) is 5.28. The average Bonchev–Trinajstić information content (AvgIpc) is 2.73. The highest BCUT2D eigenvalue weighted by molar-refractivity contribution is 6.35. The number of pyridine rings is 1. The SMILES string of the molecule is C[C@H](Nc1nc(N)ncc1C#N)c1cc2cccc(Cl)c2c(=O)n1-c1cccc(F)c1. The number of nitrogens with one attached hydrogen (secondary N) is 1. The summed E-state index contributed by atoms with van der Waals surface area (Å²) in [5.74, 6) is -0.251. The predicted molar refractivity (Wildman–Crippen MR) is 118 cm³/mol. The Morgan fingerprint density at radius 3 is 2.77 bits per heavy atom. The molecule has 2 heterocycles. The summed E-state index contributed by atoms with van der Waals surface area (Å²) in [5, 5.41) is 13.7. The topological polar surface area (TPSA) is 110 Å². The van der Waals surface area contributed by atoms with Crippen molar-refractivity contribution in [1.29, 1.82) is 5.26 Å². The number of benzene rings is 2. The van der Waals surface area contributed by atoms with Crippen LogP contribution in [0.1, 0.15) is 24.2 Å². The summed E-state index contributed by atoms with van der Waals surface area (Å²) < 4.78 is 15.4. The zero-order chi connectivity index (χ0) is 22.1. The van der Waals surface area contributed by atoms with Crippen molar-refractivity contribution in [2.45, 2.75) is 13.0 Å². The fourth-order valence-electron chi connectivity index (χ4n) is 3.41. The number of halogens is 2. The molecule has 4 aromatic rings. The Hall–Kier alpha value is -3.96. The van der Waals surface area contributed by atoms with Crippen molar-refractivity contribution < 1.29 is 4.39 Å². The minimum Gasteiger partial charge on any atom is -0.368 e. The van der Waals surface area contributed by atoms with Gasteiger partial charge in [-0.25, -0.2) is 9.37 Å². The van der Waals surface area contributed by atoms with Crippen LogP contribution in [0.15, 0.2) is 59.5 Å². The Morgan fingerprint density at radius 2 is 2.03 bits per heavy atom. The van der Waals surface area contributed by atoms with Crippen LogP contribution in [0.2, 0.25) is 5.02 Å². The quantitative estimate of drug-likeness (QED) is 0.498. The van der Waals surface area contributed by atoms with Gasteiger partial charge in [0.2, 0.25) is 5.95 Å². The van der Waals surface area contributed by atoms with E-state index in [9.17, 15) is 14.4 Å². The first-order valence-electron chi connectivity index (χ1n) is 9.28. The van der Waals surface area contributed by atoms with Gasteiger partial charge in [0, 0.05) is 5.69 Å². The molecule has 2 aromatic heterocycles. The number of nitrogens with zero attached hydrogens (tertiary/aromatic N) is 4. The maximum atomic E-state index is 14.0. The monoisotopic (exact) mass is 434 g/mol. The van der Waals surface area contributed by atoms with Crippen molar-refractivity contribution in [3.8, 4) is 11.8 Å². The van der Waals surface area contributed by atoms with Crippen LogP contribution in [0.4, 0.5) is 16.2 Å². The number of anilines is 2. The van der Waals surface area contributed by atoms with Gasteiger partial charge in [-0.05, 0) is 42.6 Å². The molecule has 0 saturated carbocycles. The van der Waals surface area contributed by atoms with Crippen LogP contribution in [-0.2, 0) is 0 Å². The van der Waals surface area contributed by atoms with Crippen LogP contribution < -0.4 is 16.6 Å². The van der Waals surface area contributed by atoms with Gasteiger partial charge in [-0.1, -0.05) is 29.8 Å². The van der Waals surface area contributed by atoms with E-state index in [1.165, 1.54) is 29.0 Å². The molecule has 1 atom stereocenters. The molecule has 31 heavy (non-hydrogen) atoms. The third-order valence-electron chi connectivity index (χ3n) is 4.82. The van der Waals surface area contributed by atoms with E-state index in [-0.39, 0.29) is 22.9 Å². The number of nitrogens with two attached hydrogens (primary N) is 1. The third kappa shape index (κ3) is 3.79. The molecule has 7 nitrogen and oxygen atoms in total. The summed E-state index contributed by atoms with van der Waals surface area (Å²) in [6.45, 7) is 1.79. The van der Waals surface area contributed by atoms with E-state index in [4.69, 9.17) is 17.3 Å². The van der Waals surface area contributed by atoms with Crippen molar-refractivity contribution in [1.82, 2.24) is 14.5 Å². The second kappa shape index (κ2) is 8.05. The lowest BCUT2D eigenvalue weighted by Gasteiger charge is -2.22.